The van der Waals surface area contributed by atoms with E-state index in [1.165, 1.54) is 45.1 Å². The summed E-state index contributed by atoms with van der Waals surface area (Å²) in [5, 5.41) is 0. The van der Waals surface area contributed by atoms with E-state index in [0.29, 0.717) is 5.56 Å². The summed E-state index contributed by atoms with van der Waals surface area (Å²) in [5.41, 5.74) is -4.76. The molecule has 34 heavy (non-hydrogen) atoms. The van der Waals surface area contributed by atoms with Gasteiger partial charge in [-0.2, -0.15) is 0 Å². The number of esters is 4. The number of ether oxygens (including phenoxy) is 4. The Morgan fingerprint density at radius 3 is 1.74 bits per heavy atom. The SMILES string of the molecule is CCOC(=O)C(C(=O)OCC)(C(=O)OCC)C1=C(c2ccccc2)C2(C=CC(=O)C=C2)OC1=O. The molecule has 0 radical (unpaired) electrons. The molecule has 0 amide bonds. The van der Waals surface area contributed by atoms with Gasteiger partial charge in [-0.05, 0) is 50.6 Å². The van der Waals surface area contributed by atoms with Crippen molar-refractivity contribution in [1.29, 1.82) is 0 Å². The van der Waals surface area contributed by atoms with Crippen molar-refractivity contribution in [3.63, 3.8) is 0 Å². The highest BCUT2D eigenvalue weighted by atomic mass is 16.6. The molecular formula is C25H24O9. The van der Waals surface area contributed by atoms with Crippen LogP contribution in [0.2, 0.25) is 0 Å². The molecule has 0 bridgehead atoms. The van der Waals surface area contributed by atoms with Gasteiger partial charge >= 0.3 is 23.9 Å². The van der Waals surface area contributed by atoms with Gasteiger partial charge in [0, 0.05) is 5.57 Å². The summed E-state index contributed by atoms with van der Waals surface area (Å²) in [5.74, 6) is -5.47. The predicted molar refractivity (Wildman–Crippen MR) is 118 cm³/mol. The van der Waals surface area contributed by atoms with Crippen molar-refractivity contribution in [2.45, 2.75) is 26.4 Å². The molecule has 3 rings (SSSR count). The van der Waals surface area contributed by atoms with Gasteiger partial charge in [0.15, 0.2) is 11.4 Å². The van der Waals surface area contributed by atoms with Crippen molar-refractivity contribution in [3.8, 4) is 0 Å². The predicted octanol–water partition coefficient (Wildman–Crippen LogP) is 2.11. The van der Waals surface area contributed by atoms with Crippen LogP contribution in [0.5, 0.6) is 0 Å². The van der Waals surface area contributed by atoms with Crippen molar-refractivity contribution in [2.24, 2.45) is 5.41 Å². The quantitative estimate of drug-likeness (QED) is 0.321. The van der Waals surface area contributed by atoms with E-state index in [1.807, 2.05) is 0 Å². The molecule has 0 N–H and O–H groups in total. The number of carbonyl (C=O) groups excluding carboxylic acids is 5. The van der Waals surface area contributed by atoms with Gasteiger partial charge in [-0.15, -0.1) is 0 Å². The van der Waals surface area contributed by atoms with Gasteiger partial charge in [0.05, 0.1) is 25.4 Å². The number of allylic oxidation sites excluding steroid dienone is 2. The van der Waals surface area contributed by atoms with E-state index in [-0.39, 0.29) is 31.2 Å². The van der Waals surface area contributed by atoms with E-state index in [0.717, 1.165) is 0 Å². The van der Waals surface area contributed by atoms with Crippen LogP contribution in [0.3, 0.4) is 0 Å². The topological polar surface area (TPSA) is 122 Å². The zero-order valence-corrected chi connectivity index (χ0v) is 19.0. The summed E-state index contributed by atoms with van der Waals surface area (Å²) in [4.78, 5) is 65.4. The molecule has 0 saturated carbocycles. The Morgan fingerprint density at radius 1 is 0.824 bits per heavy atom. The second kappa shape index (κ2) is 9.86. The molecule has 1 spiro atoms. The third-order valence-electron chi connectivity index (χ3n) is 5.28. The van der Waals surface area contributed by atoms with E-state index in [2.05, 4.69) is 0 Å². The maximum Gasteiger partial charge on any atom is 0.340 e. The van der Waals surface area contributed by atoms with E-state index in [9.17, 15) is 24.0 Å². The number of carbonyl (C=O) groups is 5. The van der Waals surface area contributed by atoms with Crippen LogP contribution < -0.4 is 0 Å². The first kappa shape index (κ1) is 24.6. The molecule has 2 aliphatic rings. The monoisotopic (exact) mass is 468 g/mol. The number of benzene rings is 1. The molecule has 0 atom stereocenters. The van der Waals surface area contributed by atoms with E-state index >= 15 is 0 Å². The minimum absolute atomic E-state index is 0.0206. The zero-order chi connectivity index (χ0) is 24.9. The molecule has 1 heterocycles. The third kappa shape index (κ3) is 3.93. The van der Waals surface area contributed by atoms with Crippen LogP contribution >= 0.6 is 0 Å². The summed E-state index contributed by atoms with van der Waals surface area (Å²) < 4.78 is 21.0. The highest BCUT2D eigenvalue weighted by Gasteiger charge is 2.67. The normalized spacial score (nSPS) is 16.4. The average molecular weight is 468 g/mol. The molecule has 1 aromatic rings. The summed E-state index contributed by atoms with van der Waals surface area (Å²) in [6.45, 7) is 3.87. The lowest BCUT2D eigenvalue weighted by atomic mass is 9.73. The first-order valence-electron chi connectivity index (χ1n) is 10.8. The molecular weight excluding hydrogens is 444 g/mol. The van der Waals surface area contributed by atoms with Gasteiger partial charge in [-0.3, -0.25) is 4.79 Å². The lowest BCUT2D eigenvalue weighted by Gasteiger charge is -2.29. The van der Waals surface area contributed by atoms with Crippen LogP contribution in [0.4, 0.5) is 0 Å². The smallest absolute Gasteiger partial charge is 0.340 e. The van der Waals surface area contributed by atoms with Crippen LogP contribution in [0.25, 0.3) is 5.57 Å². The molecule has 0 aromatic heterocycles. The standard InChI is InChI=1S/C25H24O9/c1-4-31-21(28)25(22(29)32-5-2,23(30)33-6-3)19-18(16-10-8-7-9-11-16)24(34-20(19)27)14-12-17(26)13-15-24/h7-15H,4-6H2,1-3H3. The molecule has 1 aliphatic carbocycles. The first-order chi connectivity index (χ1) is 16.3. The highest BCUT2D eigenvalue weighted by Crippen LogP contribution is 2.50. The van der Waals surface area contributed by atoms with Gasteiger partial charge in [-0.25, -0.2) is 19.2 Å². The number of hydrogen-bond donors (Lipinski definition) is 0. The van der Waals surface area contributed by atoms with E-state index in [1.54, 1.807) is 30.3 Å². The second-order valence-corrected chi connectivity index (χ2v) is 7.28. The molecule has 0 fully saturated rings. The Morgan fingerprint density at radius 2 is 1.29 bits per heavy atom. The fraction of sp³-hybridized carbons (Fsp3) is 0.320. The molecule has 9 heteroatoms. The van der Waals surface area contributed by atoms with Crippen molar-refractivity contribution in [2.75, 3.05) is 19.8 Å². The van der Waals surface area contributed by atoms with Gasteiger partial charge in [0.2, 0.25) is 0 Å². The van der Waals surface area contributed by atoms with Crippen LogP contribution in [0.15, 0.2) is 60.2 Å². The minimum Gasteiger partial charge on any atom is -0.464 e. The number of rotatable bonds is 8. The fourth-order valence-corrected chi connectivity index (χ4v) is 3.90. The summed E-state index contributed by atoms with van der Waals surface area (Å²) >= 11 is 0. The molecule has 178 valence electrons. The van der Waals surface area contributed by atoms with Crippen LogP contribution in [-0.2, 0) is 42.9 Å². The summed E-state index contributed by atoms with van der Waals surface area (Å²) in [7, 11) is 0. The first-order valence-corrected chi connectivity index (χ1v) is 10.8. The largest absolute Gasteiger partial charge is 0.464 e. The lowest BCUT2D eigenvalue weighted by molar-refractivity contribution is -0.181. The Balaban J connectivity index is 2.48. The Labute approximate surface area is 196 Å². The average Bonchev–Trinajstić information content (AvgIpc) is 3.09. The van der Waals surface area contributed by atoms with Crippen LogP contribution in [-0.4, -0.2) is 55.1 Å². The van der Waals surface area contributed by atoms with Crippen LogP contribution in [0, 0.1) is 5.41 Å². The lowest BCUT2D eigenvalue weighted by Crippen LogP contribution is -2.52. The van der Waals surface area contributed by atoms with Crippen molar-refractivity contribution < 1.29 is 42.9 Å². The van der Waals surface area contributed by atoms with Gasteiger partial charge in [0.1, 0.15) is 0 Å². The Kier molecular flexibility index (Phi) is 7.14. The van der Waals surface area contributed by atoms with Gasteiger partial charge in [0.25, 0.3) is 5.41 Å². The van der Waals surface area contributed by atoms with Crippen molar-refractivity contribution in [1.82, 2.24) is 0 Å². The third-order valence-corrected chi connectivity index (χ3v) is 5.28. The maximum absolute atomic E-state index is 13.4. The van der Waals surface area contributed by atoms with Gasteiger partial charge in [-0.1, -0.05) is 30.3 Å². The van der Waals surface area contributed by atoms with E-state index in [4.69, 9.17) is 18.9 Å². The van der Waals surface area contributed by atoms with Gasteiger partial charge < -0.3 is 18.9 Å². The molecule has 0 saturated heterocycles. The van der Waals surface area contributed by atoms with E-state index < -0.39 is 40.5 Å². The second-order valence-electron chi connectivity index (χ2n) is 7.28. The highest BCUT2D eigenvalue weighted by molar-refractivity contribution is 6.29. The van der Waals surface area contributed by atoms with Crippen molar-refractivity contribution >= 4 is 35.2 Å². The van der Waals surface area contributed by atoms with Crippen molar-refractivity contribution in [3.05, 3.63) is 65.8 Å². The molecule has 0 unspecified atom stereocenters. The fourth-order valence-electron chi connectivity index (χ4n) is 3.90. The molecule has 1 aliphatic heterocycles. The van der Waals surface area contributed by atoms with Crippen LogP contribution in [0.1, 0.15) is 26.3 Å². The molecule has 1 aromatic carbocycles. The maximum atomic E-state index is 13.4. The molecule has 9 nitrogen and oxygen atoms in total. The Hall–Kier alpha value is -4.01. The summed E-state index contributed by atoms with van der Waals surface area (Å²) in [6.07, 6.45) is 5.05. The minimum atomic E-state index is -2.91. The Bertz CT molecular complexity index is 1050. The summed E-state index contributed by atoms with van der Waals surface area (Å²) in [6, 6.07) is 8.28. The number of ketones is 1. The zero-order valence-electron chi connectivity index (χ0n) is 19.0. The number of hydrogen-bond acceptors (Lipinski definition) is 9.